The summed E-state index contributed by atoms with van der Waals surface area (Å²) in [4.78, 5) is 10.8. The molecule has 0 spiro atoms. The molecule has 106 valence electrons. The molecule has 0 unspecified atom stereocenters. The second-order valence-corrected chi connectivity index (χ2v) is 4.45. The summed E-state index contributed by atoms with van der Waals surface area (Å²) < 4.78 is 39.8. The van der Waals surface area contributed by atoms with Crippen LogP contribution in [0.15, 0.2) is 24.4 Å². The third-order valence-corrected chi connectivity index (χ3v) is 3.01. The monoisotopic (exact) mass is 304 g/mol. The Balaban J connectivity index is 2.61. The van der Waals surface area contributed by atoms with Gasteiger partial charge in [0.2, 0.25) is 0 Å². The maximum Gasteiger partial charge on any atom is 0.417 e. The van der Waals surface area contributed by atoms with Gasteiger partial charge >= 0.3 is 12.1 Å². The molecule has 0 aliphatic rings. The molecule has 0 radical (unpaired) electrons. The van der Waals surface area contributed by atoms with Crippen LogP contribution < -0.4 is 0 Å². The highest BCUT2D eigenvalue weighted by molar-refractivity contribution is 6.31. The average Bonchev–Trinajstić information content (AvgIpc) is 2.67. The Morgan fingerprint density at radius 1 is 1.40 bits per heavy atom. The Kier molecular flexibility index (Phi) is 3.47. The fourth-order valence-corrected chi connectivity index (χ4v) is 1.80. The van der Waals surface area contributed by atoms with Gasteiger partial charge in [0.05, 0.1) is 27.5 Å². The molecule has 2 rings (SSSR count). The number of hydrogen-bond donors (Lipinski definition) is 1. The summed E-state index contributed by atoms with van der Waals surface area (Å²) >= 11 is 5.79. The van der Waals surface area contributed by atoms with Crippen LogP contribution in [0.4, 0.5) is 13.2 Å². The SMILES string of the molecule is Cc1nn(-c2ccc(C(=O)O)c(C(F)(F)F)c2)cc1Cl. The Morgan fingerprint density at radius 2 is 2.05 bits per heavy atom. The number of benzene rings is 1. The van der Waals surface area contributed by atoms with Gasteiger partial charge < -0.3 is 5.11 Å². The molecule has 1 N–H and O–H groups in total. The number of halogens is 4. The number of aromatic nitrogens is 2. The minimum absolute atomic E-state index is 0.0809. The molecule has 0 bridgehead atoms. The van der Waals surface area contributed by atoms with Crippen molar-refractivity contribution in [2.45, 2.75) is 13.1 Å². The number of aromatic carboxylic acids is 1. The minimum atomic E-state index is -4.77. The molecule has 0 aliphatic carbocycles. The van der Waals surface area contributed by atoms with Gasteiger partial charge in [-0.15, -0.1) is 0 Å². The normalized spacial score (nSPS) is 11.7. The van der Waals surface area contributed by atoms with Gasteiger partial charge in [0.15, 0.2) is 0 Å². The zero-order valence-corrected chi connectivity index (χ0v) is 10.8. The van der Waals surface area contributed by atoms with Gasteiger partial charge in [0.1, 0.15) is 0 Å². The van der Waals surface area contributed by atoms with Gasteiger partial charge in [0, 0.05) is 6.20 Å². The van der Waals surface area contributed by atoms with E-state index in [9.17, 15) is 18.0 Å². The lowest BCUT2D eigenvalue weighted by atomic mass is 10.1. The fourth-order valence-electron chi connectivity index (χ4n) is 1.67. The number of carbonyl (C=O) groups is 1. The summed E-state index contributed by atoms with van der Waals surface area (Å²) in [6.07, 6.45) is -3.41. The van der Waals surface area contributed by atoms with Crippen LogP contribution in [0, 0.1) is 6.92 Å². The third-order valence-electron chi connectivity index (χ3n) is 2.64. The number of carboxylic acid groups (broad SMARTS) is 1. The van der Waals surface area contributed by atoms with Crippen LogP contribution in [-0.4, -0.2) is 20.9 Å². The predicted molar refractivity (Wildman–Crippen MR) is 65.3 cm³/mol. The topological polar surface area (TPSA) is 55.1 Å². The lowest BCUT2D eigenvalue weighted by Gasteiger charge is -2.12. The maximum absolute atomic E-state index is 12.9. The zero-order chi connectivity index (χ0) is 15.1. The molecule has 1 aromatic carbocycles. The first-order valence-corrected chi connectivity index (χ1v) is 5.74. The van der Waals surface area contributed by atoms with E-state index in [1.807, 2.05) is 0 Å². The lowest BCUT2D eigenvalue weighted by molar-refractivity contribution is -0.138. The van der Waals surface area contributed by atoms with Crippen LogP contribution in [0.5, 0.6) is 0 Å². The highest BCUT2D eigenvalue weighted by atomic mass is 35.5. The molecule has 4 nitrogen and oxygen atoms in total. The molecular weight excluding hydrogens is 297 g/mol. The molecule has 20 heavy (non-hydrogen) atoms. The van der Waals surface area contributed by atoms with E-state index >= 15 is 0 Å². The Bertz CT molecular complexity index is 660. The van der Waals surface area contributed by atoms with Crippen molar-refractivity contribution in [2.75, 3.05) is 0 Å². The lowest BCUT2D eigenvalue weighted by Crippen LogP contribution is -2.14. The van der Waals surface area contributed by atoms with E-state index in [1.54, 1.807) is 6.92 Å². The maximum atomic E-state index is 12.9. The highest BCUT2D eigenvalue weighted by Crippen LogP contribution is 2.33. The average molecular weight is 305 g/mol. The highest BCUT2D eigenvalue weighted by Gasteiger charge is 2.35. The number of hydrogen-bond acceptors (Lipinski definition) is 2. The Labute approximate surface area is 116 Å². The third kappa shape index (κ3) is 2.62. The van der Waals surface area contributed by atoms with E-state index in [0.717, 1.165) is 12.1 Å². The molecule has 2 aromatic rings. The Morgan fingerprint density at radius 3 is 2.50 bits per heavy atom. The molecule has 0 saturated heterocycles. The fraction of sp³-hybridized carbons (Fsp3) is 0.167. The first-order chi connectivity index (χ1) is 9.20. The molecular formula is C12H8ClF3N2O2. The van der Waals surface area contributed by atoms with Gasteiger partial charge in [-0.2, -0.15) is 18.3 Å². The first-order valence-electron chi connectivity index (χ1n) is 5.37. The van der Waals surface area contributed by atoms with Crippen LogP contribution in [0.2, 0.25) is 5.02 Å². The van der Waals surface area contributed by atoms with Gasteiger partial charge in [-0.3, -0.25) is 0 Å². The quantitative estimate of drug-likeness (QED) is 0.923. The van der Waals surface area contributed by atoms with Crippen molar-refractivity contribution in [3.63, 3.8) is 0 Å². The molecule has 0 saturated carbocycles. The van der Waals surface area contributed by atoms with Crippen molar-refractivity contribution in [2.24, 2.45) is 0 Å². The van der Waals surface area contributed by atoms with Crippen LogP contribution in [0.25, 0.3) is 5.69 Å². The van der Waals surface area contributed by atoms with Crippen LogP contribution in [0.3, 0.4) is 0 Å². The van der Waals surface area contributed by atoms with Crippen LogP contribution in [-0.2, 0) is 6.18 Å². The Hall–Kier alpha value is -2.02. The van der Waals surface area contributed by atoms with Gasteiger partial charge in [-0.25, -0.2) is 9.48 Å². The zero-order valence-electron chi connectivity index (χ0n) is 10.1. The van der Waals surface area contributed by atoms with Crippen molar-refractivity contribution >= 4 is 17.6 Å². The summed E-state index contributed by atoms with van der Waals surface area (Å²) in [6, 6.07) is 2.86. The van der Waals surface area contributed by atoms with E-state index in [0.29, 0.717) is 10.7 Å². The van der Waals surface area contributed by atoms with Crippen molar-refractivity contribution in [1.82, 2.24) is 9.78 Å². The molecule has 0 aliphatic heterocycles. The van der Waals surface area contributed by atoms with E-state index in [1.165, 1.54) is 16.9 Å². The van der Waals surface area contributed by atoms with Crippen molar-refractivity contribution in [1.29, 1.82) is 0 Å². The van der Waals surface area contributed by atoms with Crippen molar-refractivity contribution in [3.8, 4) is 5.69 Å². The predicted octanol–water partition coefficient (Wildman–Crippen LogP) is 3.55. The summed E-state index contributed by atoms with van der Waals surface area (Å²) in [5.41, 5.74) is -1.50. The standard InChI is InChI=1S/C12H8ClF3N2O2/c1-6-10(13)5-18(17-6)7-2-3-8(11(19)20)9(4-7)12(14,15)16/h2-5H,1H3,(H,19,20). The van der Waals surface area contributed by atoms with Gasteiger partial charge in [0.25, 0.3) is 0 Å². The number of aryl methyl sites for hydroxylation is 1. The number of carboxylic acids is 1. The summed E-state index contributed by atoms with van der Waals surface area (Å²) in [6.45, 7) is 1.61. The molecule has 0 amide bonds. The molecule has 8 heteroatoms. The molecule has 0 atom stereocenters. The summed E-state index contributed by atoms with van der Waals surface area (Å²) in [5.74, 6) is -1.64. The first kappa shape index (κ1) is 14.4. The summed E-state index contributed by atoms with van der Waals surface area (Å²) in [7, 11) is 0. The van der Waals surface area contributed by atoms with E-state index in [4.69, 9.17) is 16.7 Å². The minimum Gasteiger partial charge on any atom is -0.478 e. The molecule has 1 heterocycles. The van der Waals surface area contributed by atoms with Gasteiger partial charge in [-0.1, -0.05) is 11.6 Å². The van der Waals surface area contributed by atoms with Gasteiger partial charge in [-0.05, 0) is 25.1 Å². The van der Waals surface area contributed by atoms with Crippen LogP contribution >= 0.6 is 11.6 Å². The second kappa shape index (κ2) is 4.82. The number of nitrogens with zero attached hydrogens (tertiary/aromatic N) is 2. The van der Waals surface area contributed by atoms with E-state index in [2.05, 4.69) is 5.10 Å². The number of alkyl halides is 3. The van der Waals surface area contributed by atoms with E-state index < -0.39 is 23.3 Å². The van der Waals surface area contributed by atoms with Crippen LogP contribution in [0.1, 0.15) is 21.6 Å². The summed E-state index contributed by atoms with van der Waals surface area (Å²) in [5, 5.41) is 13.0. The second-order valence-electron chi connectivity index (χ2n) is 4.04. The van der Waals surface area contributed by atoms with Crippen molar-refractivity contribution in [3.05, 3.63) is 46.2 Å². The molecule has 1 aromatic heterocycles. The largest absolute Gasteiger partial charge is 0.478 e. The van der Waals surface area contributed by atoms with E-state index in [-0.39, 0.29) is 5.69 Å². The smallest absolute Gasteiger partial charge is 0.417 e. The van der Waals surface area contributed by atoms with Crippen molar-refractivity contribution < 1.29 is 23.1 Å². The molecule has 0 fully saturated rings. The number of rotatable bonds is 2.